The standard InChI is InChI=1S/C28H29Cl2N3O4/c1-28(2,3)31-27(35)25(16-19-9-5-4-6-10-19)32(18-20-13-14-22(29)23(30)15-20)26(34)17-21-11-7-8-12-24(21)33(36)37/h4-15,25H,16-18H2,1-3H3,(H,31,35)/t25-/m1/s1. The average Bonchev–Trinajstić information content (AvgIpc) is 2.83. The van der Waals surface area contributed by atoms with Crippen LogP contribution < -0.4 is 5.32 Å². The van der Waals surface area contributed by atoms with Crippen LogP contribution in [0.5, 0.6) is 0 Å². The number of rotatable bonds is 9. The van der Waals surface area contributed by atoms with Gasteiger partial charge < -0.3 is 10.2 Å². The van der Waals surface area contributed by atoms with Gasteiger partial charge in [0.2, 0.25) is 11.8 Å². The first-order chi connectivity index (χ1) is 17.4. The molecule has 0 saturated carbocycles. The van der Waals surface area contributed by atoms with E-state index in [4.69, 9.17) is 23.2 Å². The second kappa shape index (κ2) is 12.2. The van der Waals surface area contributed by atoms with Crippen LogP contribution in [0, 0.1) is 10.1 Å². The molecule has 3 aromatic carbocycles. The fraction of sp³-hybridized carbons (Fsp3) is 0.286. The van der Waals surface area contributed by atoms with Gasteiger partial charge in [-0.15, -0.1) is 0 Å². The molecule has 3 rings (SSSR count). The van der Waals surface area contributed by atoms with E-state index >= 15 is 0 Å². The maximum atomic E-state index is 13.8. The maximum absolute atomic E-state index is 13.8. The smallest absolute Gasteiger partial charge is 0.273 e. The van der Waals surface area contributed by atoms with E-state index in [0.29, 0.717) is 15.6 Å². The zero-order valence-corrected chi connectivity index (χ0v) is 22.4. The van der Waals surface area contributed by atoms with Gasteiger partial charge in [-0.05, 0) is 44.0 Å². The van der Waals surface area contributed by atoms with Crippen LogP contribution in [0.25, 0.3) is 0 Å². The molecule has 37 heavy (non-hydrogen) atoms. The van der Waals surface area contributed by atoms with Crippen molar-refractivity contribution in [3.63, 3.8) is 0 Å². The first kappa shape index (κ1) is 28.2. The van der Waals surface area contributed by atoms with Crippen molar-refractivity contribution in [3.05, 3.63) is 110 Å². The Morgan fingerprint density at radius 2 is 1.59 bits per heavy atom. The number of amides is 2. The van der Waals surface area contributed by atoms with E-state index in [1.807, 2.05) is 51.1 Å². The highest BCUT2D eigenvalue weighted by Crippen LogP contribution is 2.26. The van der Waals surface area contributed by atoms with Gasteiger partial charge >= 0.3 is 0 Å². The molecular formula is C28H29Cl2N3O4. The van der Waals surface area contributed by atoms with Gasteiger partial charge in [0.25, 0.3) is 5.69 Å². The number of hydrogen-bond acceptors (Lipinski definition) is 4. The van der Waals surface area contributed by atoms with Crippen molar-refractivity contribution in [2.24, 2.45) is 0 Å². The molecule has 9 heteroatoms. The Bertz CT molecular complexity index is 1280. The zero-order valence-electron chi connectivity index (χ0n) is 20.9. The van der Waals surface area contributed by atoms with Crippen molar-refractivity contribution in [2.45, 2.75) is 51.7 Å². The third kappa shape index (κ3) is 8.03. The molecule has 0 fully saturated rings. The molecule has 1 N–H and O–H groups in total. The molecule has 0 unspecified atom stereocenters. The lowest BCUT2D eigenvalue weighted by molar-refractivity contribution is -0.385. The molecule has 0 bridgehead atoms. The van der Waals surface area contributed by atoms with E-state index in [1.165, 1.54) is 11.0 Å². The molecule has 1 atom stereocenters. The Kier molecular flexibility index (Phi) is 9.29. The lowest BCUT2D eigenvalue weighted by atomic mass is 9.99. The predicted molar refractivity (Wildman–Crippen MR) is 146 cm³/mol. The summed E-state index contributed by atoms with van der Waals surface area (Å²) in [5.41, 5.74) is 1.12. The molecule has 0 saturated heterocycles. The van der Waals surface area contributed by atoms with Gasteiger partial charge in [-0.1, -0.05) is 77.8 Å². The van der Waals surface area contributed by atoms with E-state index in [-0.39, 0.29) is 36.5 Å². The highest BCUT2D eigenvalue weighted by Gasteiger charge is 2.33. The topological polar surface area (TPSA) is 92.6 Å². The number of carbonyl (C=O) groups excluding carboxylic acids is 2. The zero-order chi connectivity index (χ0) is 27.2. The lowest BCUT2D eigenvalue weighted by Crippen LogP contribution is -2.54. The van der Waals surface area contributed by atoms with Crippen LogP contribution >= 0.6 is 23.2 Å². The fourth-order valence-corrected chi connectivity index (χ4v) is 4.27. The first-order valence-electron chi connectivity index (χ1n) is 11.8. The second-order valence-corrected chi connectivity index (χ2v) is 10.6. The summed E-state index contributed by atoms with van der Waals surface area (Å²) >= 11 is 12.3. The third-order valence-corrected chi connectivity index (χ3v) is 6.38. The molecule has 0 spiro atoms. The van der Waals surface area contributed by atoms with Gasteiger partial charge in [0, 0.05) is 30.1 Å². The van der Waals surface area contributed by atoms with Gasteiger partial charge in [0.1, 0.15) is 6.04 Å². The van der Waals surface area contributed by atoms with Crippen LogP contribution in [-0.2, 0) is 29.0 Å². The SMILES string of the molecule is CC(C)(C)NC(=O)[C@@H](Cc1ccccc1)N(Cc1ccc(Cl)c(Cl)c1)C(=O)Cc1ccccc1[N+](=O)[O-]. The first-order valence-corrected chi connectivity index (χ1v) is 12.5. The number of nitrogens with zero attached hydrogens (tertiary/aromatic N) is 2. The monoisotopic (exact) mass is 541 g/mol. The molecule has 3 aromatic rings. The number of nitro benzene ring substituents is 1. The minimum Gasteiger partial charge on any atom is -0.350 e. The Balaban J connectivity index is 2.05. The summed E-state index contributed by atoms with van der Waals surface area (Å²) in [4.78, 5) is 39.9. The Hall–Kier alpha value is -3.42. The number of halogens is 2. The number of carbonyl (C=O) groups is 2. The molecule has 0 aliphatic heterocycles. The summed E-state index contributed by atoms with van der Waals surface area (Å²) in [5, 5.41) is 15.2. The van der Waals surface area contributed by atoms with Crippen molar-refractivity contribution in [2.75, 3.05) is 0 Å². The molecule has 0 heterocycles. The van der Waals surface area contributed by atoms with E-state index in [2.05, 4.69) is 5.32 Å². The summed E-state index contributed by atoms with van der Waals surface area (Å²) in [6, 6.07) is 19.6. The highest BCUT2D eigenvalue weighted by molar-refractivity contribution is 6.42. The number of nitro groups is 1. The summed E-state index contributed by atoms with van der Waals surface area (Å²) in [6.07, 6.45) is 0.0132. The van der Waals surface area contributed by atoms with Gasteiger partial charge in [-0.25, -0.2) is 0 Å². The minimum absolute atomic E-state index is 0.0609. The van der Waals surface area contributed by atoms with Crippen molar-refractivity contribution < 1.29 is 14.5 Å². The van der Waals surface area contributed by atoms with Crippen molar-refractivity contribution >= 4 is 40.7 Å². The number of nitrogens with one attached hydrogen (secondary N) is 1. The van der Waals surface area contributed by atoms with Gasteiger partial charge in [-0.2, -0.15) is 0 Å². The molecule has 0 aliphatic carbocycles. The second-order valence-electron chi connectivity index (χ2n) is 9.78. The lowest BCUT2D eigenvalue weighted by Gasteiger charge is -2.34. The van der Waals surface area contributed by atoms with Crippen LogP contribution in [0.15, 0.2) is 72.8 Å². The molecule has 7 nitrogen and oxygen atoms in total. The van der Waals surface area contributed by atoms with Crippen molar-refractivity contribution in [1.29, 1.82) is 0 Å². The maximum Gasteiger partial charge on any atom is 0.273 e. The normalized spacial score (nSPS) is 12.0. The van der Waals surface area contributed by atoms with Gasteiger partial charge in [0.05, 0.1) is 21.4 Å². The molecular weight excluding hydrogens is 513 g/mol. The predicted octanol–water partition coefficient (Wildman–Crippen LogP) is 6.00. The molecule has 0 aliphatic rings. The minimum atomic E-state index is -0.883. The molecule has 0 aromatic heterocycles. The molecule has 2 amide bonds. The van der Waals surface area contributed by atoms with Gasteiger partial charge in [0.15, 0.2) is 0 Å². The summed E-state index contributed by atoms with van der Waals surface area (Å²) in [7, 11) is 0. The van der Waals surface area contributed by atoms with Crippen LogP contribution in [0.4, 0.5) is 5.69 Å². The largest absolute Gasteiger partial charge is 0.350 e. The van der Waals surface area contributed by atoms with Gasteiger partial charge in [-0.3, -0.25) is 19.7 Å². The number of para-hydroxylation sites is 1. The Morgan fingerprint density at radius 1 is 0.946 bits per heavy atom. The van der Waals surface area contributed by atoms with Crippen molar-refractivity contribution in [1.82, 2.24) is 10.2 Å². The van der Waals surface area contributed by atoms with Crippen LogP contribution in [-0.4, -0.2) is 33.2 Å². The summed E-state index contributed by atoms with van der Waals surface area (Å²) in [6.45, 7) is 5.65. The number of benzene rings is 3. The van der Waals surface area contributed by atoms with E-state index in [1.54, 1.807) is 36.4 Å². The third-order valence-electron chi connectivity index (χ3n) is 5.64. The fourth-order valence-electron chi connectivity index (χ4n) is 3.94. The molecule has 0 radical (unpaired) electrons. The quantitative estimate of drug-likeness (QED) is 0.265. The van der Waals surface area contributed by atoms with E-state index in [0.717, 1.165) is 5.56 Å². The highest BCUT2D eigenvalue weighted by atomic mass is 35.5. The van der Waals surface area contributed by atoms with Crippen molar-refractivity contribution in [3.8, 4) is 0 Å². The van der Waals surface area contributed by atoms with Crippen LogP contribution in [0.2, 0.25) is 10.0 Å². The van der Waals surface area contributed by atoms with Crippen LogP contribution in [0.1, 0.15) is 37.5 Å². The van der Waals surface area contributed by atoms with E-state index in [9.17, 15) is 19.7 Å². The summed E-state index contributed by atoms with van der Waals surface area (Å²) in [5.74, 6) is -0.752. The number of hydrogen-bond donors (Lipinski definition) is 1. The Labute approximate surface area is 226 Å². The Morgan fingerprint density at radius 3 is 2.22 bits per heavy atom. The van der Waals surface area contributed by atoms with E-state index < -0.39 is 22.4 Å². The average molecular weight is 542 g/mol. The summed E-state index contributed by atoms with van der Waals surface area (Å²) < 4.78 is 0. The van der Waals surface area contributed by atoms with Crippen LogP contribution in [0.3, 0.4) is 0 Å². The molecule has 194 valence electrons.